The van der Waals surface area contributed by atoms with Crippen molar-refractivity contribution in [2.75, 3.05) is 24.2 Å². The molecule has 0 bridgehead atoms. The van der Waals surface area contributed by atoms with Crippen molar-refractivity contribution in [2.24, 2.45) is 0 Å². The van der Waals surface area contributed by atoms with Gasteiger partial charge in [-0.3, -0.25) is 14.5 Å². The summed E-state index contributed by atoms with van der Waals surface area (Å²) in [5.74, 6) is -3.57. The summed E-state index contributed by atoms with van der Waals surface area (Å²) in [4.78, 5) is 36.4. The smallest absolute Gasteiger partial charge is 0.333 e. The number of hydrogen-bond acceptors (Lipinski definition) is 5. The average molecular weight is 356 g/mol. The molecule has 128 valence electrons. The molecule has 24 heavy (non-hydrogen) atoms. The number of halogens is 2. The van der Waals surface area contributed by atoms with Crippen LogP contribution in [0.4, 0.5) is 14.5 Å². The molecule has 2 rings (SSSR count). The van der Waals surface area contributed by atoms with E-state index in [1.807, 2.05) is 0 Å². The number of thioether (sulfide) groups is 1. The summed E-state index contributed by atoms with van der Waals surface area (Å²) in [5.41, 5.74) is 0.0640. The number of nitrogens with zero attached hydrogens (tertiary/aromatic N) is 1. The maximum Gasteiger partial charge on any atom is 0.333 e. The second-order valence-electron chi connectivity index (χ2n) is 4.68. The van der Waals surface area contributed by atoms with Crippen LogP contribution < -0.4 is 5.32 Å². The van der Waals surface area contributed by atoms with E-state index in [4.69, 9.17) is 4.74 Å². The van der Waals surface area contributed by atoms with E-state index in [0.717, 1.165) is 34.9 Å². The molecule has 1 saturated heterocycles. The lowest BCUT2D eigenvalue weighted by atomic mass is 10.3. The molecule has 9 heteroatoms. The van der Waals surface area contributed by atoms with Crippen molar-refractivity contribution in [1.29, 1.82) is 0 Å². The Kier molecular flexibility index (Phi) is 5.91. The van der Waals surface area contributed by atoms with Gasteiger partial charge in [0, 0.05) is 11.8 Å². The number of rotatable bonds is 5. The lowest BCUT2D eigenvalue weighted by Gasteiger charge is -2.16. The molecule has 0 aromatic heterocycles. The van der Waals surface area contributed by atoms with Gasteiger partial charge in [0.25, 0.3) is 0 Å². The first-order chi connectivity index (χ1) is 11.4. The van der Waals surface area contributed by atoms with Gasteiger partial charge >= 0.3 is 5.97 Å². The monoisotopic (exact) mass is 356 g/mol. The van der Waals surface area contributed by atoms with Crippen LogP contribution >= 0.6 is 11.8 Å². The van der Waals surface area contributed by atoms with E-state index in [1.54, 1.807) is 6.92 Å². The molecule has 2 amide bonds. The topological polar surface area (TPSA) is 75.7 Å². The van der Waals surface area contributed by atoms with E-state index >= 15 is 0 Å². The van der Waals surface area contributed by atoms with E-state index in [2.05, 4.69) is 5.32 Å². The van der Waals surface area contributed by atoms with Crippen LogP contribution in [0.5, 0.6) is 0 Å². The molecule has 0 unspecified atom stereocenters. The standard InChI is InChI=1S/C15H14F2N2O4S/c1-2-23-15(22)6-14-19(13(21)8-24-14)7-12(20)18-9-3-4-10(16)11(17)5-9/h3-6H,2,7-8H2,1H3,(H,18,20)/b14-6-. The van der Waals surface area contributed by atoms with Gasteiger partial charge in [-0.05, 0) is 19.1 Å². The second kappa shape index (κ2) is 7.91. The Hall–Kier alpha value is -2.42. The number of amides is 2. The van der Waals surface area contributed by atoms with Crippen molar-refractivity contribution in [3.05, 3.63) is 40.9 Å². The molecule has 6 nitrogen and oxygen atoms in total. The van der Waals surface area contributed by atoms with E-state index in [9.17, 15) is 23.2 Å². The van der Waals surface area contributed by atoms with Crippen molar-refractivity contribution in [2.45, 2.75) is 6.92 Å². The number of carbonyl (C=O) groups excluding carboxylic acids is 3. The third-order valence-corrected chi connectivity index (χ3v) is 3.97. The third-order valence-electron chi connectivity index (χ3n) is 2.94. The van der Waals surface area contributed by atoms with E-state index in [0.29, 0.717) is 5.03 Å². The fourth-order valence-corrected chi connectivity index (χ4v) is 2.83. The highest BCUT2D eigenvalue weighted by Crippen LogP contribution is 2.28. The summed E-state index contributed by atoms with van der Waals surface area (Å²) in [6.07, 6.45) is 1.14. The van der Waals surface area contributed by atoms with Gasteiger partial charge in [0.05, 0.1) is 23.5 Å². The van der Waals surface area contributed by atoms with Crippen molar-refractivity contribution in [3.8, 4) is 0 Å². The van der Waals surface area contributed by atoms with E-state index < -0.39 is 23.5 Å². The second-order valence-corrected chi connectivity index (χ2v) is 5.68. The summed E-state index contributed by atoms with van der Waals surface area (Å²) in [6, 6.07) is 2.92. The molecular formula is C15H14F2N2O4S. The third kappa shape index (κ3) is 4.54. The van der Waals surface area contributed by atoms with Crippen LogP contribution in [0.2, 0.25) is 0 Å². The van der Waals surface area contributed by atoms with Crippen molar-refractivity contribution in [1.82, 2.24) is 4.90 Å². The zero-order chi connectivity index (χ0) is 17.7. The summed E-state index contributed by atoms with van der Waals surface area (Å²) < 4.78 is 30.7. The van der Waals surface area contributed by atoms with Gasteiger partial charge in [0.15, 0.2) is 11.6 Å². The minimum absolute atomic E-state index is 0.0640. The highest BCUT2D eigenvalue weighted by Gasteiger charge is 2.29. The number of ether oxygens (including phenoxy) is 1. The number of hydrogen-bond donors (Lipinski definition) is 1. The molecule has 1 fully saturated rings. The first-order valence-corrected chi connectivity index (χ1v) is 7.95. The number of benzene rings is 1. The Morgan fingerprint density at radius 2 is 2.12 bits per heavy atom. The van der Waals surface area contributed by atoms with Gasteiger partial charge in [0.2, 0.25) is 11.8 Å². The summed E-state index contributed by atoms with van der Waals surface area (Å²) in [7, 11) is 0. The molecule has 1 heterocycles. The summed E-state index contributed by atoms with van der Waals surface area (Å²) in [6.45, 7) is 1.49. The molecule has 1 aromatic rings. The Balaban J connectivity index is 2.04. The number of carbonyl (C=O) groups is 3. The average Bonchev–Trinajstić information content (AvgIpc) is 2.84. The molecule has 1 aliphatic heterocycles. The fourth-order valence-electron chi connectivity index (χ4n) is 1.90. The number of nitrogens with one attached hydrogen (secondary N) is 1. The Morgan fingerprint density at radius 1 is 1.38 bits per heavy atom. The van der Waals surface area contributed by atoms with Gasteiger partial charge < -0.3 is 10.1 Å². The molecule has 1 aromatic carbocycles. The van der Waals surface area contributed by atoms with Gasteiger partial charge in [-0.1, -0.05) is 11.8 Å². The highest BCUT2D eigenvalue weighted by atomic mass is 32.2. The van der Waals surface area contributed by atoms with Crippen molar-refractivity contribution >= 4 is 35.2 Å². The van der Waals surface area contributed by atoms with Gasteiger partial charge in [-0.2, -0.15) is 0 Å². The van der Waals surface area contributed by atoms with Gasteiger partial charge in [0.1, 0.15) is 6.54 Å². The molecule has 0 spiro atoms. The molecular weight excluding hydrogens is 342 g/mol. The minimum Gasteiger partial charge on any atom is -0.463 e. The maximum atomic E-state index is 13.1. The summed E-state index contributed by atoms with van der Waals surface area (Å²) in [5, 5.41) is 2.67. The Labute approximate surface area is 140 Å². The van der Waals surface area contributed by atoms with Gasteiger partial charge in [-0.15, -0.1) is 0 Å². The first kappa shape index (κ1) is 17.9. The Bertz CT molecular complexity index is 709. The van der Waals surface area contributed by atoms with Crippen LogP contribution in [0, 0.1) is 11.6 Å². The van der Waals surface area contributed by atoms with Crippen LogP contribution in [-0.4, -0.2) is 41.6 Å². The lowest BCUT2D eigenvalue weighted by molar-refractivity contribution is -0.137. The molecule has 1 aliphatic rings. The molecule has 0 radical (unpaired) electrons. The highest BCUT2D eigenvalue weighted by molar-refractivity contribution is 8.04. The van der Waals surface area contributed by atoms with Crippen LogP contribution in [0.25, 0.3) is 0 Å². The zero-order valence-corrected chi connectivity index (χ0v) is 13.5. The SMILES string of the molecule is CCOC(=O)/C=C1\SCC(=O)N1CC(=O)Nc1ccc(F)c(F)c1. The predicted molar refractivity (Wildman–Crippen MR) is 83.9 cm³/mol. The van der Waals surface area contributed by atoms with E-state index in [1.165, 1.54) is 6.07 Å². The Morgan fingerprint density at radius 3 is 2.79 bits per heavy atom. The molecule has 0 saturated carbocycles. The normalized spacial score (nSPS) is 15.7. The van der Waals surface area contributed by atoms with Crippen LogP contribution in [0.3, 0.4) is 0 Å². The van der Waals surface area contributed by atoms with Crippen LogP contribution in [0.1, 0.15) is 6.92 Å². The van der Waals surface area contributed by atoms with Crippen LogP contribution in [0.15, 0.2) is 29.3 Å². The van der Waals surface area contributed by atoms with Crippen molar-refractivity contribution < 1.29 is 27.9 Å². The zero-order valence-electron chi connectivity index (χ0n) is 12.7. The largest absolute Gasteiger partial charge is 0.463 e. The molecule has 0 aliphatic carbocycles. The maximum absolute atomic E-state index is 13.1. The fraction of sp³-hybridized carbons (Fsp3) is 0.267. The number of esters is 1. The number of anilines is 1. The van der Waals surface area contributed by atoms with Crippen molar-refractivity contribution in [3.63, 3.8) is 0 Å². The first-order valence-electron chi connectivity index (χ1n) is 6.97. The molecule has 0 atom stereocenters. The quantitative estimate of drug-likeness (QED) is 0.644. The minimum atomic E-state index is -1.09. The van der Waals surface area contributed by atoms with Gasteiger partial charge in [-0.25, -0.2) is 13.6 Å². The summed E-state index contributed by atoms with van der Waals surface area (Å²) >= 11 is 1.11. The lowest BCUT2D eigenvalue weighted by Crippen LogP contribution is -2.34. The predicted octanol–water partition coefficient (Wildman–Crippen LogP) is 1.88. The van der Waals surface area contributed by atoms with Crippen LogP contribution in [-0.2, 0) is 19.1 Å². The van der Waals surface area contributed by atoms with E-state index in [-0.39, 0.29) is 30.5 Å². The molecule has 1 N–H and O–H groups in total.